The van der Waals surface area contributed by atoms with E-state index in [2.05, 4.69) is 43.0 Å². The molecule has 1 aliphatic rings. The van der Waals surface area contributed by atoms with Gasteiger partial charge in [-0.25, -0.2) is 0 Å². The summed E-state index contributed by atoms with van der Waals surface area (Å²) in [5.41, 5.74) is 2.72. The van der Waals surface area contributed by atoms with Crippen LogP contribution in [0.2, 0.25) is 0 Å². The summed E-state index contributed by atoms with van der Waals surface area (Å²) < 4.78 is 0. The van der Waals surface area contributed by atoms with E-state index in [1.54, 1.807) is 0 Å². The molecule has 1 aromatic carbocycles. The van der Waals surface area contributed by atoms with Gasteiger partial charge in [0.05, 0.1) is 0 Å². The van der Waals surface area contributed by atoms with Crippen molar-refractivity contribution < 1.29 is 4.79 Å². The number of hydrogen-bond donors (Lipinski definition) is 0. The Balaban J connectivity index is 1.97. The van der Waals surface area contributed by atoms with Crippen LogP contribution in [0.1, 0.15) is 52.0 Å². The molecule has 2 rings (SSSR count). The quantitative estimate of drug-likeness (QED) is 0.842. The van der Waals surface area contributed by atoms with Gasteiger partial charge in [0.15, 0.2) is 0 Å². The number of rotatable bonds is 4. The van der Waals surface area contributed by atoms with E-state index < -0.39 is 0 Å². The number of nitrogens with zero attached hydrogens (tertiary/aromatic N) is 2. The van der Waals surface area contributed by atoms with Crippen LogP contribution in [-0.4, -0.2) is 37.0 Å². The molecule has 1 aromatic rings. The molecular formula is C19H30N2O. The summed E-state index contributed by atoms with van der Waals surface area (Å²) in [7, 11) is 1.96. The lowest BCUT2D eigenvalue weighted by atomic mass is 9.99. The summed E-state index contributed by atoms with van der Waals surface area (Å²) in [6.07, 6.45) is 2.11. The monoisotopic (exact) mass is 302 g/mol. The highest BCUT2D eigenvalue weighted by atomic mass is 16.2. The molecule has 3 nitrogen and oxygen atoms in total. The minimum atomic E-state index is 0.0887. The summed E-state index contributed by atoms with van der Waals surface area (Å²) in [6, 6.07) is 9.27. The van der Waals surface area contributed by atoms with Gasteiger partial charge in [-0.15, -0.1) is 0 Å². The molecule has 3 heteroatoms. The standard InChI is InChI=1S/C19H30N2O/c1-14(2)16-7-6-8-18(13-16)21-11-9-17(10-12-21)20(5)19(22)15(3)4/h6-8,13-15,17H,9-12H2,1-5H3. The fourth-order valence-electron chi connectivity index (χ4n) is 3.18. The number of carbonyl (C=O) groups excluding carboxylic acids is 1. The number of benzene rings is 1. The zero-order chi connectivity index (χ0) is 16.3. The Morgan fingerprint density at radius 3 is 2.36 bits per heavy atom. The average molecular weight is 302 g/mol. The van der Waals surface area contributed by atoms with Gasteiger partial charge >= 0.3 is 0 Å². The van der Waals surface area contributed by atoms with Crippen molar-refractivity contribution in [3.63, 3.8) is 0 Å². The van der Waals surface area contributed by atoms with Gasteiger partial charge in [-0.3, -0.25) is 4.79 Å². The lowest BCUT2D eigenvalue weighted by Gasteiger charge is -2.38. The van der Waals surface area contributed by atoms with E-state index in [1.165, 1.54) is 11.3 Å². The molecule has 0 atom stereocenters. The maximum Gasteiger partial charge on any atom is 0.225 e. The fraction of sp³-hybridized carbons (Fsp3) is 0.632. The highest BCUT2D eigenvalue weighted by molar-refractivity contribution is 5.78. The molecule has 0 N–H and O–H groups in total. The van der Waals surface area contributed by atoms with Crippen molar-refractivity contribution in [1.29, 1.82) is 0 Å². The molecule has 1 aliphatic heterocycles. The molecule has 0 aliphatic carbocycles. The van der Waals surface area contributed by atoms with E-state index in [1.807, 2.05) is 25.8 Å². The second-order valence-corrected chi connectivity index (χ2v) is 7.07. The number of hydrogen-bond acceptors (Lipinski definition) is 2. The van der Waals surface area contributed by atoms with E-state index in [4.69, 9.17) is 0 Å². The van der Waals surface area contributed by atoms with Crippen LogP contribution in [0.5, 0.6) is 0 Å². The Bertz CT molecular complexity index is 502. The lowest BCUT2D eigenvalue weighted by molar-refractivity contribution is -0.135. The summed E-state index contributed by atoms with van der Waals surface area (Å²) >= 11 is 0. The first-order chi connectivity index (χ1) is 10.4. The molecule has 1 amide bonds. The van der Waals surface area contributed by atoms with Crippen molar-refractivity contribution >= 4 is 11.6 Å². The number of amides is 1. The Morgan fingerprint density at radius 2 is 1.82 bits per heavy atom. The van der Waals surface area contributed by atoms with Crippen molar-refractivity contribution in [2.75, 3.05) is 25.0 Å². The molecule has 1 fully saturated rings. The lowest BCUT2D eigenvalue weighted by Crippen LogP contribution is -2.46. The first kappa shape index (κ1) is 16.9. The minimum Gasteiger partial charge on any atom is -0.371 e. The van der Waals surface area contributed by atoms with Crippen molar-refractivity contribution in [2.24, 2.45) is 5.92 Å². The van der Waals surface area contributed by atoms with Gasteiger partial charge in [-0.05, 0) is 36.5 Å². The van der Waals surface area contributed by atoms with Crippen LogP contribution in [0.15, 0.2) is 24.3 Å². The van der Waals surface area contributed by atoms with Crippen molar-refractivity contribution in [3.05, 3.63) is 29.8 Å². The highest BCUT2D eigenvalue weighted by Crippen LogP contribution is 2.26. The molecule has 0 radical (unpaired) electrons. The van der Waals surface area contributed by atoms with E-state index in [0.717, 1.165) is 25.9 Å². The maximum absolute atomic E-state index is 12.1. The predicted octanol–water partition coefficient (Wildman–Crippen LogP) is 3.89. The molecule has 0 bridgehead atoms. The smallest absolute Gasteiger partial charge is 0.225 e. The third-order valence-electron chi connectivity index (χ3n) is 4.76. The van der Waals surface area contributed by atoms with Gasteiger partial charge < -0.3 is 9.80 Å². The van der Waals surface area contributed by atoms with Gasteiger partial charge in [0, 0.05) is 37.8 Å². The van der Waals surface area contributed by atoms with Gasteiger partial charge in [0.1, 0.15) is 0 Å². The fourth-order valence-corrected chi connectivity index (χ4v) is 3.18. The zero-order valence-electron chi connectivity index (χ0n) is 14.7. The van der Waals surface area contributed by atoms with Gasteiger partial charge in [0.25, 0.3) is 0 Å². The third-order valence-corrected chi connectivity index (χ3v) is 4.76. The van der Waals surface area contributed by atoms with Gasteiger partial charge in [-0.1, -0.05) is 39.8 Å². The largest absolute Gasteiger partial charge is 0.371 e. The Labute approximate surface area is 135 Å². The molecule has 1 heterocycles. The Hall–Kier alpha value is -1.51. The van der Waals surface area contributed by atoms with E-state index in [-0.39, 0.29) is 11.8 Å². The first-order valence-corrected chi connectivity index (χ1v) is 8.51. The van der Waals surface area contributed by atoms with Crippen molar-refractivity contribution in [1.82, 2.24) is 4.90 Å². The molecule has 0 spiro atoms. The summed E-state index contributed by atoms with van der Waals surface area (Å²) in [5, 5.41) is 0. The molecule has 122 valence electrons. The average Bonchev–Trinajstić information content (AvgIpc) is 2.53. The van der Waals surface area contributed by atoms with Gasteiger partial charge in [0.2, 0.25) is 5.91 Å². The first-order valence-electron chi connectivity index (χ1n) is 8.51. The minimum absolute atomic E-state index is 0.0887. The van der Waals surface area contributed by atoms with Crippen LogP contribution in [0.3, 0.4) is 0 Å². The molecule has 0 saturated carbocycles. The topological polar surface area (TPSA) is 23.6 Å². The normalized spacial score (nSPS) is 16.4. The molecule has 0 unspecified atom stereocenters. The van der Waals surface area contributed by atoms with Gasteiger partial charge in [-0.2, -0.15) is 0 Å². The predicted molar refractivity (Wildman–Crippen MR) is 93.4 cm³/mol. The number of anilines is 1. The highest BCUT2D eigenvalue weighted by Gasteiger charge is 2.26. The van der Waals surface area contributed by atoms with E-state index in [0.29, 0.717) is 12.0 Å². The van der Waals surface area contributed by atoms with Crippen LogP contribution in [0.4, 0.5) is 5.69 Å². The molecule has 0 aromatic heterocycles. The van der Waals surface area contributed by atoms with E-state index in [9.17, 15) is 4.79 Å². The second-order valence-electron chi connectivity index (χ2n) is 7.07. The van der Waals surface area contributed by atoms with Crippen LogP contribution in [0.25, 0.3) is 0 Å². The van der Waals surface area contributed by atoms with Crippen LogP contribution >= 0.6 is 0 Å². The zero-order valence-corrected chi connectivity index (χ0v) is 14.7. The maximum atomic E-state index is 12.1. The SMILES string of the molecule is CC(C)C(=O)N(C)C1CCN(c2cccc(C(C)C)c2)CC1. The van der Waals surface area contributed by atoms with Crippen molar-refractivity contribution in [2.45, 2.75) is 52.5 Å². The second kappa shape index (κ2) is 7.17. The Kier molecular flexibility index (Phi) is 5.49. The molecular weight excluding hydrogens is 272 g/mol. The van der Waals surface area contributed by atoms with Crippen LogP contribution in [0, 0.1) is 5.92 Å². The summed E-state index contributed by atoms with van der Waals surface area (Å²) in [4.78, 5) is 16.5. The summed E-state index contributed by atoms with van der Waals surface area (Å²) in [5.74, 6) is 0.915. The number of carbonyl (C=O) groups is 1. The van der Waals surface area contributed by atoms with Crippen molar-refractivity contribution in [3.8, 4) is 0 Å². The van der Waals surface area contributed by atoms with Crippen LogP contribution < -0.4 is 4.90 Å². The Morgan fingerprint density at radius 1 is 1.18 bits per heavy atom. The van der Waals surface area contributed by atoms with Crippen LogP contribution in [-0.2, 0) is 4.79 Å². The molecule has 1 saturated heterocycles. The van der Waals surface area contributed by atoms with E-state index >= 15 is 0 Å². The summed E-state index contributed by atoms with van der Waals surface area (Å²) in [6.45, 7) is 10.5. The number of piperidine rings is 1. The molecule has 22 heavy (non-hydrogen) atoms. The third kappa shape index (κ3) is 3.82.